The zero-order valence-corrected chi connectivity index (χ0v) is 8.81. The van der Waals surface area contributed by atoms with E-state index >= 15 is 0 Å². The van der Waals surface area contributed by atoms with Gasteiger partial charge in [0.1, 0.15) is 6.61 Å². The van der Waals surface area contributed by atoms with Crippen LogP contribution in [0.1, 0.15) is 13.8 Å². The summed E-state index contributed by atoms with van der Waals surface area (Å²) in [5.74, 6) is -0.432. The molecule has 0 aliphatic rings. The number of halogens is 2. The Morgan fingerprint density at radius 2 is 2.14 bits per heavy atom. The molecule has 0 saturated heterocycles. The molecule has 0 atom stereocenters. The molecule has 0 saturated carbocycles. The van der Waals surface area contributed by atoms with Gasteiger partial charge in [-0.25, -0.2) is 4.39 Å². The highest BCUT2D eigenvalue weighted by molar-refractivity contribution is 6.30. The van der Waals surface area contributed by atoms with Gasteiger partial charge in [-0.3, -0.25) is 0 Å². The van der Waals surface area contributed by atoms with E-state index in [1.165, 1.54) is 18.2 Å². The van der Waals surface area contributed by atoms with E-state index in [1.807, 2.05) is 0 Å². The fourth-order valence-electron chi connectivity index (χ4n) is 0.847. The second-order valence-electron chi connectivity index (χ2n) is 3.68. The Bertz CT molecular complexity index is 320. The minimum atomic E-state index is -0.980. The lowest BCUT2D eigenvalue weighted by atomic mass is 10.2. The summed E-state index contributed by atoms with van der Waals surface area (Å²) in [6.45, 7) is 3.20. The average Bonchev–Trinajstić information content (AvgIpc) is 2.00. The zero-order valence-electron chi connectivity index (χ0n) is 8.05. The third-order valence-electron chi connectivity index (χ3n) is 1.47. The molecule has 1 aromatic carbocycles. The summed E-state index contributed by atoms with van der Waals surface area (Å²) in [7, 11) is 0. The van der Waals surface area contributed by atoms with Gasteiger partial charge in [0.2, 0.25) is 0 Å². The minimum Gasteiger partial charge on any atom is -0.488 e. The van der Waals surface area contributed by atoms with Crippen LogP contribution in [0.3, 0.4) is 0 Å². The van der Waals surface area contributed by atoms with Crippen molar-refractivity contribution < 1.29 is 14.2 Å². The van der Waals surface area contributed by atoms with Crippen LogP contribution in [0.25, 0.3) is 0 Å². The molecule has 1 N–H and O–H groups in total. The molecule has 0 fully saturated rings. The van der Waals surface area contributed by atoms with Gasteiger partial charge in [-0.1, -0.05) is 11.6 Å². The molecule has 4 heteroatoms. The molecule has 0 radical (unpaired) electrons. The highest BCUT2D eigenvalue weighted by atomic mass is 35.5. The summed E-state index contributed by atoms with van der Waals surface area (Å²) < 4.78 is 18.2. The monoisotopic (exact) mass is 218 g/mol. The molecular formula is C10H12ClFO2. The highest BCUT2D eigenvalue weighted by Gasteiger charge is 2.14. The van der Waals surface area contributed by atoms with Gasteiger partial charge in [0, 0.05) is 5.02 Å². The molecular weight excluding hydrogens is 207 g/mol. The third kappa shape index (κ3) is 3.52. The lowest BCUT2D eigenvalue weighted by molar-refractivity contribution is 0.0272. The first-order valence-electron chi connectivity index (χ1n) is 4.19. The molecule has 78 valence electrons. The smallest absolute Gasteiger partial charge is 0.166 e. The zero-order chi connectivity index (χ0) is 10.8. The van der Waals surface area contributed by atoms with Gasteiger partial charge in [0.15, 0.2) is 11.6 Å². The van der Waals surface area contributed by atoms with E-state index in [0.29, 0.717) is 5.02 Å². The summed E-state index contributed by atoms with van der Waals surface area (Å²) in [5, 5.41) is 9.67. The van der Waals surface area contributed by atoms with Gasteiger partial charge in [-0.15, -0.1) is 0 Å². The van der Waals surface area contributed by atoms with Gasteiger partial charge in [0.25, 0.3) is 0 Å². The van der Waals surface area contributed by atoms with Crippen molar-refractivity contribution in [1.29, 1.82) is 0 Å². The third-order valence-corrected chi connectivity index (χ3v) is 1.71. The summed E-state index contributed by atoms with van der Waals surface area (Å²) >= 11 is 5.56. The van der Waals surface area contributed by atoms with E-state index in [2.05, 4.69) is 0 Å². The lowest BCUT2D eigenvalue weighted by Gasteiger charge is -2.17. The summed E-state index contributed by atoms with van der Waals surface area (Å²) in [4.78, 5) is 0. The van der Waals surface area contributed by atoms with Crippen LogP contribution in [-0.2, 0) is 0 Å². The van der Waals surface area contributed by atoms with Gasteiger partial charge in [-0.05, 0) is 32.0 Å². The first-order valence-corrected chi connectivity index (χ1v) is 4.56. The van der Waals surface area contributed by atoms with Crippen LogP contribution in [-0.4, -0.2) is 17.3 Å². The predicted molar refractivity (Wildman–Crippen MR) is 53.2 cm³/mol. The SMILES string of the molecule is CC(C)(O)COc1ccc(Cl)cc1F. The van der Waals surface area contributed by atoms with Gasteiger partial charge < -0.3 is 9.84 Å². The Balaban J connectivity index is 2.68. The van der Waals surface area contributed by atoms with Crippen molar-refractivity contribution in [3.63, 3.8) is 0 Å². The van der Waals surface area contributed by atoms with Crippen molar-refractivity contribution in [2.75, 3.05) is 6.61 Å². The van der Waals surface area contributed by atoms with Crippen molar-refractivity contribution >= 4 is 11.6 Å². The first-order chi connectivity index (χ1) is 6.38. The maximum absolute atomic E-state index is 13.1. The maximum Gasteiger partial charge on any atom is 0.166 e. The van der Waals surface area contributed by atoms with Gasteiger partial charge >= 0.3 is 0 Å². The molecule has 1 rings (SSSR count). The van der Waals surface area contributed by atoms with Crippen LogP contribution in [0.4, 0.5) is 4.39 Å². The van der Waals surface area contributed by atoms with E-state index in [-0.39, 0.29) is 12.4 Å². The summed E-state index contributed by atoms with van der Waals surface area (Å²) in [5.41, 5.74) is -0.980. The molecule has 0 amide bonds. The second kappa shape index (κ2) is 4.15. The van der Waals surface area contributed by atoms with Crippen molar-refractivity contribution in [2.45, 2.75) is 19.4 Å². The van der Waals surface area contributed by atoms with Crippen molar-refractivity contribution in [3.05, 3.63) is 29.0 Å². The van der Waals surface area contributed by atoms with E-state index in [4.69, 9.17) is 16.3 Å². The largest absolute Gasteiger partial charge is 0.488 e. The first kappa shape index (κ1) is 11.3. The van der Waals surface area contributed by atoms with E-state index in [9.17, 15) is 9.50 Å². The fraction of sp³-hybridized carbons (Fsp3) is 0.400. The Morgan fingerprint density at radius 3 is 2.64 bits per heavy atom. The van der Waals surface area contributed by atoms with E-state index in [1.54, 1.807) is 13.8 Å². The maximum atomic E-state index is 13.1. The predicted octanol–water partition coefficient (Wildman–Crippen LogP) is 2.63. The molecule has 0 unspecified atom stereocenters. The van der Waals surface area contributed by atoms with Crippen LogP contribution >= 0.6 is 11.6 Å². The molecule has 2 nitrogen and oxygen atoms in total. The number of benzene rings is 1. The number of ether oxygens (including phenoxy) is 1. The molecule has 0 bridgehead atoms. The molecule has 0 heterocycles. The van der Waals surface area contributed by atoms with Crippen LogP contribution in [0.15, 0.2) is 18.2 Å². The number of rotatable bonds is 3. The average molecular weight is 219 g/mol. The quantitative estimate of drug-likeness (QED) is 0.845. The van der Waals surface area contributed by atoms with Gasteiger partial charge in [0.05, 0.1) is 5.60 Å². The van der Waals surface area contributed by atoms with E-state index < -0.39 is 11.4 Å². The van der Waals surface area contributed by atoms with Gasteiger partial charge in [-0.2, -0.15) is 0 Å². The number of aliphatic hydroxyl groups is 1. The standard InChI is InChI=1S/C10H12ClFO2/c1-10(2,13)6-14-9-4-3-7(11)5-8(9)12/h3-5,13H,6H2,1-2H3. The Hall–Kier alpha value is -0.800. The number of hydrogen-bond acceptors (Lipinski definition) is 2. The molecule has 0 aromatic heterocycles. The van der Waals surface area contributed by atoms with Crippen molar-refractivity contribution in [3.8, 4) is 5.75 Å². The highest BCUT2D eigenvalue weighted by Crippen LogP contribution is 2.21. The van der Waals surface area contributed by atoms with E-state index in [0.717, 1.165) is 0 Å². The summed E-state index contributed by atoms with van der Waals surface area (Å²) in [6, 6.07) is 4.13. The molecule has 0 aliphatic heterocycles. The molecule has 0 aliphatic carbocycles. The van der Waals surface area contributed by atoms with Crippen molar-refractivity contribution in [1.82, 2.24) is 0 Å². The molecule has 1 aromatic rings. The minimum absolute atomic E-state index is 0.0333. The van der Waals surface area contributed by atoms with Crippen LogP contribution in [0.2, 0.25) is 5.02 Å². The Kier molecular flexibility index (Phi) is 3.34. The fourth-order valence-corrected chi connectivity index (χ4v) is 1.01. The summed E-state index contributed by atoms with van der Waals surface area (Å²) in [6.07, 6.45) is 0. The van der Waals surface area contributed by atoms with Crippen molar-refractivity contribution in [2.24, 2.45) is 0 Å². The topological polar surface area (TPSA) is 29.5 Å². The lowest BCUT2D eigenvalue weighted by Crippen LogP contribution is -2.28. The van der Waals surface area contributed by atoms with Crippen LogP contribution in [0.5, 0.6) is 5.75 Å². The van der Waals surface area contributed by atoms with Crippen LogP contribution < -0.4 is 4.74 Å². The van der Waals surface area contributed by atoms with Crippen LogP contribution in [0, 0.1) is 5.82 Å². The number of hydrogen-bond donors (Lipinski definition) is 1. The normalized spacial score (nSPS) is 11.5. The molecule has 0 spiro atoms. The Labute approximate surface area is 87.3 Å². The molecule has 14 heavy (non-hydrogen) atoms. The Morgan fingerprint density at radius 1 is 1.50 bits per heavy atom. The second-order valence-corrected chi connectivity index (χ2v) is 4.11.